The third-order valence-electron chi connectivity index (χ3n) is 4.19. The molecule has 0 radical (unpaired) electrons. The molecule has 0 aromatic heterocycles. The first-order chi connectivity index (χ1) is 9.33. The molecule has 19 heavy (non-hydrogen) atoms. The summed E-state index contributed by atoms with van der Waals surface area (Å²) in [5.41, 5.74) is 2.52. The van der Waals surface area contributed by atoms with Gasteiger partial charge in [0, 0.05) is 0 Å². The van der Waals surface area contributed by atoms with Gasteiger partial charge < -0.3 is 5.32 Å². The Labute approximate surface area is 116 Å². The zero-order valence-electron chi connectivity index (χ0n) is 10.6. The zero-order valence-corrected chi connectivity index (χ0v) is 11.4. The van der Waals surface area contributed by atoms with Crippen LogP contribution in [-0.2, 0) is 4.79 Å². The van der Waals surface area contributed by atoms with E-state index in [9.17, 15) is 4.79 Å². The highest BCUT2D eigenvalue weighted by atomic mass is 32.2. The molecule has 98 valence electrons. The Morgan fingerprint density at radius 2 is 2.00 bits per heavy atom. The van der Waals surface area contributed by atoms with Crippen LogP contribution in [0.2, 0.25) is 0 Å². The molecule has 0 bridgehead atoms. The lowest BCUT2D eigenvalue weighted by molar-refractivity contribution is -0.127. The van der Waals surface area contributed by atoms with E-state index in [0.29, 0.717) is 0 Å². The van der Waals surface area contributed by atoms with Gasteiger partial charge in [-0.05, 0) is 35.3 Å². The quantitative estimate of drug-likeness (QED) is 0.825. The van der Waals surface area contributed by atoms with Crippen LogP contribution in [0.1, 0.15) is 31.0 Å². The molecular weight excluding hydrogens is 256 g/mol. The van der Waals surface area contributed by atoms with Gasteiger partial charge in [0.2, 0.25) is 5.91 Å². The number of benzene rings is 1. The van der Waals surface area contributed by atoms with Crippen molar-refractivity contribution in [3.63, 3.8) is 0 Å². The average Bonchev–Trinajstić information content (AvgIpc) is 2.99. The summed E-state index contributed by atoms with van der Waals surface area (Å²) in [6.45, 7) is 0. The Morgan fingerprint density at radius 3 is 2.84 bits per heavy atom. The van der Waals surface area contributed by atoms with Crippen LogP contribution >= 0.6 is 11.8 Å². The number of hydrogen-bond donors (Lipinski definition) is 2. The Bertz CT molecular complexity index is 555. The van der Waals surface area contributed by atoms with Gasteiger partial charge >= 0.3 is 0 Å². The second kappa shape index (κ2) is 4.39. The fourth-order valence-corrected chi connectivity index (χ4v) is 4.87. The van der Waals surface area contributed by atoms with Crippen LogP contribution in [0.4, 0.5) is 0 Å². The molecule has 1 aromatic carbocycles. The molecular formula is C15H16N2OS. The van der Waals surface area contributed by atoms with Crippen molar-refractivity contribution in [1.29, 1.82) is 0 Å². The summed E-state index contributed by atoms with van der Waals surface area (Å²) in [5, 5.41) is 6.93. The topological polar surface area (TPSA) is 41.1 Å². The molecule has 3 aliphatic rings. The van der Waals surface area contributed by atoms with Crippen LogP contribution in [0, 0.1) is 5.92 Å². The van der Waals surface area contributed by atoms with Gasteiger partial charge in [-0.25, -0.2) is 0 Å². The molecule has 2 N–H and O–H groups in total. The predicted molar refractivity (Wildman–Crippen MR) is 76.2 cm³/mol. The van der Waals surface area contributed by atoms with Gasteiger partial charge in [0.05, 0.1) is 11.3 Å². The van der Waals surface area contributed by atoms with E-state index in [2.05, 4.69) is 22.8 Å². The number of carbonyl (C=O) groups excluding carboxylic acids is 1. The fourth-order valence-electron chi connectivity index (χ4n) is 3.30. The molecule has 4 heteroatoms. The maximum atomic E-state index is 12.4. The minimum atomic E-state index is -0.0533. The second-order valence-corrected chi connectivity index (χ2v) is 6.57. The molecule has 0 spiro atoms. The van der Waals surface area contributed by atoms with Gasteiger partial charge in [-0.1, -0.05) is 30.3 Å². The van der Waals surface area contributed by atoms with E-state index in [1.54, 1.807) is 0 Å². The third-order valence-corrected chi connectivity index (χ3v) is 5.60. The zero-order chi connectivity index (χ0) is 12.8. The van der Waals surface area contributed by atoms with Gasteiger partial charge in [-0.2, -0.15) is 0 Å². The maximum Gasteiger partial charge on any atom is 0.231 e. The number of fused-ring (bicyclic) bond motifs is 2. The summed E-state index contributed by atoms with van der Waals surface area (Å²) in [5.74, 6) is 0.250. The van der Waals surface area contributed by atoms with Crippen molar-refractivity contribution in [2.75, 3.05) is 0 Å². The number of allylic oxidation sites excluding steroid dienone is 1. The Balaban J connectivity index is 1.60. The summed E-state index contributed by atoms with van der Waals surface area (Å²) >= 11 is 1.88. The number of nitrogens with one attached hydrogen (secondary N) is 2. The van der Waals surface area contributed by atoms with Gasteiger partial charge in [-0.15, -0.1) is 11.8 Å². The van der Waals surface area contributed by atoms with E-state index in [4.69, 9.17) is 0 Å². The van der Waals surface area contributed by atoms with E-state index >= 15 is 0 Å². The number of amides is 1. The molecule has 2 heterocycles. The van der Waals surface area contributed by atoms with Crippen molar-refractivity contribution >= 4 is 17.7 Å². The second-order valence-electron chi connectivity index (χ2n) is 5.34. The largest absolute Gasteiger partial charge is 0.336 e. The highest BCUT2D eigenvalue weighted by Gasteiger charge is 2.45. The summed E-state index contributed by atoms with van der Waals surface area (Å²) in [6.07, 6.45) is 3.44. The van der Waals surface area contributed by atoms with Crippen LogP contribution in [0.15, 0.2) is 40.8 Å². The molecule has 3 unspecified atom stereocenters. The first-order valence-corrected chi connectivity index (χ1v) is 7.71. The van der Waals surface area contributed by atoms with E-state index in [1.807, 2.05) is 30.0 Å². The van der Waals surface area contributed by atoms with Crippen molar-refractivity contribution in [1.82, 2.24) is 10.6 Å². The van der Waals surface area contributed by atoms with Crippen LogP contribution in [-0.4, -0.2) is 11.3 Å². The van der Waals surface area contributed by atoms with E-state index in [1.165, 1.54) is 16.9 Å². The molecule has 1 amide bonds. The van der Waals surface area contributed by atoms with Crippen molar-refractivity contribution in [2.45, 2.75) is 30.8 Å². The van der Waals surface area contributed by atoms with E-state index in [0.717, 1.165) is 18.4 Å². The first kappa shape index (κ1) is 11.6. The van der Waals surface area contributed by atoms with Crippen molar-refractivity contribution in [2.24, 2.45) is 5.92 Å². The average molecular weight is 272 g/mol. The Hall–Kier alpha value is -1.26. The summed E-state index contributed by atoms with van der Waals surface area (Å²) in [7, 11) is 0. The molecule has 1 aromatic rings. The first-order valence-electron chi connectivity index (χ1n) is 6.83. The van der Waals surface area contributed by atoms with Gasteiger partial charge in [0.25, 0.3) is 0 Å². The molecule has 0 saturated carbocycles. The summed E-state index contributed by atoms with van der Waals surface area (Å²) < 4.78 is 0. The smallest absolute Gasteiger partial charge is 0.231 e. The van der Waals surface area contributed by atoms with Crippen LogP contribution in [0.25, 0.3) is 0 Å². The Kier molecular flexibility index (Phi) is 2.67. The van der Waals surface area contributed by atoms with Crippen molar-refractivity contribution < 1.29 is 4.79 Å². The molecule has 1 saturated heterocycles. The minimum Gasteiger partial charge on any atom is -0.336 e. The lowest BCUT2D eigenvalue weighted by atomic mass is 9.94. The Morgan fingerprint density at radius 1 is 1.16 bits per heavy atom. The van der Waals surface area contributed by atoms with Crippen LogP contribution in [0.5, 0.6) is 0 Å². The third kappa shape index (κ3) is 1.82. The number of rotatable bonds is 1. The monoisotopic (exact) mass is 272 g/mol. The normalized spacial score (nSPS) is 33.1. The van der Waals surface area contributed by atoms with Crippen molar-refractivity contribution in [3.8, 4) is 0 Å². The van der Waals surface area contributed by atoms with E-state index < -0.39 is 0 Å². The van der Waals surface area contributed by atoms with E-state index in [-0.39, 0.29) is 23.4 Å². The summed E-state index contributed by atoms with van der Waals surface area (Å²) in [6, 6.07) is 10.1. The van der Waals surface area contributed by atoms with Gasteiger partial charge in [0.1, 0.15) is 6.17 Å². The maximum absolute atomic E-state index is 12.4. The SMILES string of the molecule is O=C1NC(c2ccccc2)NC2SC3=C(CCC3)C12. The predicted octanol–water partition coefficient (Wildman–Crippen LogP) is 2.53. The lowest BCUT2D eigenvalue weighted by Crippen LogP contribution is -2.54. The highest BCUT2D eigenvalue weighted by Crippen LogP contribution is 2.50. The van der Waals surface area contributed by atoms with Crippen LogP contribution < -0.4 is 10.6 Å². The fraction of sp³-hybridized carbons (Fsp3) is 0.400. The molecule has 2 aliphatic heterocycles. The molecule has 3 nitrogen and oxygen atoms in total. The molecule has 1 fully saturated rings. The molecule has 1 aliphatic carbocycles. The van der Waals surface area contributed by atoms with Gasteiger partial charge in [0.15, 0.2) is 0 Å². The number of carbonyl (C=O) groups is 1. The lowest BCUT2D eigenvalue weighted by Gasteiger charge is -2.34. The minimum absolute atomic E-state index is 0.0533. The molecule has 3 atom stereocenters. The van der Waals surface area contributed by atoms with Crippen molar-refractivity contribution in [3.05, 3.63) is 46.4 Å². The number of thioether (sulfide) groups is 1. The highest BCUT2D eigenvalue weighted by molar-refractivity contribution is 8.04. The number of hydrogen-bond acceptors (Lipinski definition) is 3. The standard InChI is InChI=1S/C15H16N2OS/c18-14-12-10-7-4-8-11(10)19-15(12)17-13(16-14)9-5-2-1-3-6-9/h1-3,5-6,12-13,15,17H,4,7-8H2,(H,16,18). The summed E-state index contributed by atoms with van der Waals surface area (Å²) in [4.78, 5) is 13.9. The van der Waals surface area contributed by atoms with Gasteiger partial charge in [-0.3, -0.25) is 10.1 Å². The molecule has 4 rings (SSSR count). The van der Waals surface area contributed by atoms with Crippen LogP contribution in [0.3, 0.4) is 0 Å².